The van der Waals surface area contributed by atoms with Crippen molar-refractivity contribution in [2.45, 2.75) is 32.9 Å². The third kappa shape index (κ3) is 7.64. The van der Waals surface area contributed by atoms with Crippen LogP contribution in [-0.4, -0.2) is 41.9 Å². The molecular formula is C26H31N3O3S. The van der Waals surface area contributed by atoms with E-state index in [0.29, 0.717) is 25.3 Å². The van der Waals surface area contributed by atoms with Gasteiger partial charge < -0.3 is 19.9 Å². The van der Waals surface area contributed by atoms with Gasteiger partial charge in [0.05, 0.1) is 13.7 Å². The van der Waals surface area contributed by atoms with E-state index >= 15 is 0 Å². The number of anilines is 1. The van der Waals surface area contributed by atoms with E-state index in [0.717, 1.165) is 29.0 Å². The summed E-state index contributed by atoms with van der Waals surface area (Å²) in [4.78, 5) is 30.9. The number of nitrogens with one attached hydrogen (secondary N) is 1. The molecule has 0 spiro atoms. The van der Waals surface area contributed by atoms with Crippen LogP contribution >= 0.6 is 11.3 Å². The molecule has 0 saturated carbocycles. The number of unbranched alkanes of at least 4 members (excludes halogenated alkanes) is 1. The van der Waals surface area contributed by atoms with Gasteiger partial charge in [-0.05, 0) is 47.7 Å². The summed E-state index contributed by atoms with van der Waals surface area (Å²) in [5.74, 6) is 0.643. The van der Waals surface area contributed by atoms with Gasteiger partial charge >= 0.3 is 6.03 Å². The Morgan fingerprint density at radius 2 is 1.70 bits per heavy atom. The molecule has 1 heterocycles. The summed E-state index contributed by atoms with van der Waals surface area (Å²) in [7, 11) is 1.60. The summed E-state index contributed by atoms with van der Waals surface area (Å²) in [5, 5.41) is 4.91. The number of ether oxygens (including phenoxy) is 1. The van der Waals surface area contributed by atoms with Crippen molar-refractivity contribution in [2.24, 2.45) is 0 Å². The number of hydrogen-bond acceptors (Lipinski definition) is 4. The number of methoxy groups -OCH3 is 1. The van der Waals surface area contributed by atoms with E-state index in [1.807, 2.05) is 52.7 Å². The Kier molecular flexibility index (Phi) is 9.32. The number of rotatable bonds is 11. The third-order valence-electron chi connectivity index (χ3n) is 5.23. The van der Waals surface area contributed by atoms with Crippen LogP contribution in [0.2, 0.25) is 0 Å². The second-order valence-electron chi connectivity index (χ2n) is 7.75. The fraction of sp³-hybridized carbons (Fsp3) is 0.308. The number of urea groups is 1. The van der Waals surface area contributed by atoms with E-state index in [2.05, 4.69) is 12.2 Å². The molecule has 3 amide bonds. The molecule has 3 aromatic rings. The number of amides is 3. The fourth-order valence-electron chi connectivity index (χ4n) is 3.37. The number of thiophene rings is 1. The molecule has 0 unspecified atom stereocenters. The lowest BCUT2D eigenvalue weighted by Crippen LogP contribution is -2.44. The van der Waals surface area contributed by atoms with Crippen molar-refractivity contribution in [3.8, 4) is 5.75 Å². The van der Waals surface area contributed by atoms with Gasteiger partial charge in [0.25, 0.3) is 0 Å². The van der Waals surface area contributed by atoms with E-state index < -0.39 is 0 Å². The lowest BCUT2D eigenvalue weighted by molar-refractivity contribution is -0.133. The maximum atomic E-state index is 13.4. The maximum absolute atomic E-state index is 13.4. The molecular weight excluding hydrogens is 434 g/mol. The van der Waals surface area contributed by atoms with Gasteiger partial charge in [0.15, 0.2) is 0 Å². The first kappa shape index (κ1) is 24.3. The fourth-order valence-corrected chi connectivity index (χ4v) is 4.09. The average molecular weight is 466 g/mol. The summed E-state index contributed by atoms with van der Waals surface area (Å²) >= 11 is 1.63. The molecule has 3 rings (SSSR count). The predicted molar refractivity (Wildman–Crippen MR) is 134 cm³/mol. The first-order valence-corrected chi connectivity index (χ1v) is 12.0. The lowest BCUT2D eigenvalue weighted by atomic mass is 10.2. The minimum Gasteiger partial charge on any atom is -0.497 e. The topological polar surface area (TPSA) is 61.9 Å². The zero-order valence-electron chi connectivity index (χ0n) is 19.2. The van der Waals surface area contributed by atoms with Crippen LogP contribution in [0.5, 0.6) is 5.75 Å². The zero-order valence-corrected chi connectivity index (χ0v) is 20.0. The molecule has 6 nitrogen and oxygen atoms in total. The van der Waals surface area contributed by atoms with Crippen molar-refractivity contribution in [3.05, 3.63) is 82.6 Å². The van der Waals surface area contributed by atoms with E-state index in [9.17, 15) is 9.59 Å². The van der Waals surface area contributed by atoms with Crippen LogP contribution < -0.4 is 10.1 Å². The monoisotopic (exact) mass is 465 g/mol. The first-order chi connectivity index (χ1) is 16.1. The number of hydrogen-bond donors (Lipinski definition) is 1. The second-order valence-corrected chi connectivity index (χ2v) is 8.78. The highest BCUT2D eigenvalue weighted by Gasteiger charge is 2.22. The van der Waals surface area contributed by atoms with Gasteiger partial charge in [-0.25, -0.2) is 4.79 Å². The summed E-state index contributed by atoms with van der Waals surface area (Å²) in [6.45, 7) is 3.63. The highest BCUT2D eigenvalue weighted by Crippen LogP contribution is 2.17. The number of nitrogens with zero attached hydrogens (tertiary/aromatic N) is 2. The molecule has 1 aromatic heterocycles. The maximum Gasteiger partial charge on any atom is 0.322 e. The Morgan fingerprint density at radius 1 is 0.939 bits per heavy atom. The van der Waals surface area contributed by atoms with Gasteiger partial charge in [0.1, 0.15) is 12.3 Å². The van der Waals surface area contributed by atoms with E-state index in [1.165, 1.54) is 0 Å². The standard InChI is InChI=1S/C26H31N3O3S/c1-3-4-16-28(26(31)27-22-12-14-23(32-2)15-13-22)20-25(30)29(19-24-11-8-17-33-24)18-21-9-6-5-7-10-21/h5-15,17H,3-4,16,18-20H2,1-2H3,(H,27,31). The van der Waals surface area contributed by atoms with Crippen LogP contribution in [0.4, 0.5) is 10.5 Å². The predicted octanol–water partition coefficient (Wildman–Crippen LogP) is 5.62. The quantitative estimate of drug-likeness (QED) is 0.400. The number of benzene rings is 2. The molecule has 33 heavy (non-hydrogen) atoms. The van der Waals surface area contributed by atoms with Crippen molar-refractivity contribution in [3.63, 3.8) is 0 Å². The highest BCUT2D eigenvalue weighted by atomic mass is 32.1. The SMILES string of the molecule is CCCCN(CC(=O)N(Cc1ccccc1)Cc1cccs1)C(=O)Nc1ccc(OC)cc1. The molecule has 7 heteroatoms. The lowest BCUT2D eigenvalue weighted by Gasteiger charge is -2.28. The largest absolute Gasteiger partial charge is 0.497 e. The Balaban J connectivity index is 1.71. The Bertz CT molecular complexity index is 991. The number of carbonyl (C=O) groups excluding carboxylic acids is 2. The Hall–Kier alpha value is -3.32. The minimum atomic E-state index is -0.280. The van der Waals surface area contributed by atoms with E-state index in [4.69, 9.17) is 4.74 Å². The molecule has 0 aliphatic carbocycles. The molecule has 0 atom stereocenters. The van der Waals surface area contributed by atoms with Crippen molar-refractivity contribution in [1.82, 2.24) is 9.80 Å². The molecule has 1 N–H and O–H groups in total. The van der Waals surface area contributed by atoms with Gasteiger partial charge in [-0.15, -0.1) is 11.3 Å². The molecule has 0 aliphatic heterocycles. The number of carbonyl (C=O) groups is 2. The van der Waals surface area contributed by atoms with Crippen molar-refractivity contribution in [1.29, 1.82) is 0 Å². The first-order valence-electron chi connectivity index (χ1n) is 11.1. The van der Waals surface area contributed by atoms with Gasteiger partial charge in [0, 0.05) is 23.7 Å². The van der Waals surface area contributed by atoms with Crippen LogP contribution in [0.25, 0.3) is 0 Å². The molecule has 0 bridgehead atoms. The molecule has 174 valence electrons. The molecule has 0 fully saturated rings. The molecule has 0 saturated heterocycles. The highest BCUT2D eigenvalue weighted by molar-refractivity contribution is 7.09. The summed E-state index contributed by atoms with van der Waals surface area (Å²) in [6, 6.07) is 20.8. The Labute approximate surface area is 199 Å². The van der Waals surface area contributed by atoms with E-state index in [1.54, 1.807) is 47.6 Å². The minimum absolute atomic E-state index is 0.0280. The smallest absolute Gasteiger partial charge is 0.322 e. The van der Waals surface area contributed by atoms with Crippen LogP contribution in [0.15, 0.2) is 72.1 Å². The van der Waals surface area contributed by atoms with Crippen LogP contribution in [-0.2, 0) is 17.9 Å². The van der Waals surface area contributed by atoms with Crippen LogP contribution in [0.3, 0.4) is 0 Å². The molecule has 0 aliphatic rings. The third-order valence-corrected chi connectivity index (χ3v) is 6.09. The van der Waals surface area contributed by atoms with E-state index in [-0.39, 0.29) is 18.5 Å². The zero-order chi connectivity index (χ0) is 23.5. The molecule has 2 aromatic carbocycles. The van der Waals surface area contributed by atoms with Gasteiger partial charge in [-0.1, -0.05) is 49.7 Å². The van der Waals surface area contributed by atoms with Crippen molar-refractivity contribution < 1.29 is 14.3 Å². The normalized spacial score (nSPS) is 10.5. The van der Waals surface area contributed by atoms with Crippen molar-refractivity contribution >= 4 is 29.0 Å². The summed E-state index contributed by atoms with van der Waals surface area (Å²) < 4.78 is 5.17. The van der Waals surface area contributed by atoms with Gasteiger partial charge in [-0.3, -0.25) is 4.79 Å². The van der Waals surface area contributed by atoms with Crippen LogP contribution in [0, 0.1) is 0 Å². The van der Waals surface area contributed by atoms with Crippen molar-refractivity contribution in [2.75, 3.05) is 25.5 Å². The average Bonchev–Trinajstić information content (AvgIpc) is 3.35. The van der Waals surface area contributed by atoms with Gasteiger partial charge in [0.2, 0.25) is 5.91 Å². The Morgan fingerprint density at radius 3 is 2.33 bits per heavy atom. The van der Waals surface area contributed by atoms with Crippen LogP contribution in [0.1, 0.15) is 30.2 Å². The molecule has 0 radical (unpaired) electrons. The summed E-state index contributed by atoms with van der Waals surface area (Å²) in [5.41, 5.74) is 1.72. The second kappa shape index (κ2) is 12.6. The van der Waals surface area contributed by atoms with Gasteiger partial charge in [-0.2, -0.15) is 0 Å². The summed E-state index contributed by atoms with van der Waals surface area (Å²) in [6.07, 6.45) is 1.76.